The number of amides is 2. The standard InChI is InChI=1S/C18H15N3O4S/c1-11(22)20-21-17(23)10-25-18(24)13-9-15(16-7-4-8-26-16)19-14-6-3-2-5-12(13)14/h2-9H,10H2,1H3,(H,20,22)(H,21,23). The number of fused-ring (bicyclic) bond motifs is 1. The summed E-state index contributed by atoms with van der Waals surface area (Å²) in [6.07, 6.45) is 0. The molecule has 1 aromatic carbocycles. The molecule has 26 heavy (non-hydrogen) atoms. The Balaban J connectivity index is 1.85. The molecule has 0 radical (unpaired) electrons. The minimum Gasteiger partial charge on any atom is -0.452 e. The summed E-state index contributed by atoms with van der Waals surface area (Å²) in [6, 6.07) is 12.7. The summed E-state index contributed by atoms with van der Waals surface area (Å²) >= 11 is 1.51. The first-order valence-corrected chi connectivity index (χ1v) is 8.59. The van der Waals surface area contributed by atoms with Gasteiger partial charge < -0.3 is 4.74 Å². The molecule has 0 saturated carbocycles. The molecule has 0 spiro atoms. The molecule has 0 unspecified atom stereocenters. The lowest BCUT2D eigenvalue weighted by molar-refractivity contribution is -0.129. The van der Waals surface area contributed by atoms with Crippen molar-refractivity contribution in [1.29, 1.82) is 0 Å². The second-order valence-corrected chi connectivity index (χ2v) is 6.30. The molecule has 0 aliphatic rings. The number of para-hydroxylation sites is 1. The van der Waals surface area contributed by atoms with Crippen molar-refractivity contribution in [3.8, 4) is 10.6 Å². The number of hydrazine groups is 1. The number of hydrogen-bond donors (Lipinski definition) is 2. The number of rotatable bonds is 4. The molecule has 7 nitrogen and oxygen atoms in total. The quantitative estimate of drug-likeness (QED) is 0.543. The van der Waals surface area contributed by atoms with Crippen LogP contribution < -0.4 is 10.9 Å². The maximum atomic E-state index is 12.5. The van der Waals surface area contributed by atoms with Gasteiger partial charge in [-0.3, -0.25) is 20.4 Å². The first-order chi connectivity index (χ1) is 12.5. The third-order valence-electron chi connectivity index (χ3n) is 3.42. The fourth-order valence-corrected chi connectivity index (χ4v) is 2.98. The van der Waals surface area contributed by atoms with Gasteiger partial charge >= 0.3 is 5.97 Å². The number of thiophene rings is 1. The highest BCUT2D eigenvalue weighted by Gasteiger charge is 2.16. The summed E-state index contributed by atoms with van der Waals surface area (Å²) in [5.41, 5.74) is 5.91. The second kappa shape index (κ2) is 7.75. The predicted octanol–water partition coefficient (Wildman–Crippen LogP) is 2.29. The number of ether oxygens (including phenoxy) is 1. The maximum Gasteiger partial charge on any atom is 0.339 e. The summed E-state index contributed by atoms with van der Waals surface area (Å²) < 4.78 is 5.08. The van der Waals surface area contributed by atoms with E-state index in [2.05, 4.69) is 15.8 Å². The molecule has 2 heterocycles. The van der Waals surface area contributed by atoms with Gasteiger partial charge in [0.05, 0.1) is 21.7 Å². The molecule has 2 aromatic heterocycles. The van der Waals surface area contributed by atoms with Crippen molar-refractivity contribution >= 4 is 40.0 Å². The molecule has 0 aliphatic carbocycles. The number of carbonyl (C=O) groups is 3. The van der Waals surface area contributed by atoms with Crippen molar-refractivity contribution in [2.24, 2.45) is 0 Å². The monoisotopic (exact) mass is 369 g/mol. The topological polar surface area (TPSA) is 97.4 Å². The molecule has 132 valence electrons. The van der Waals surface area contributed by atoms with E-state index in [4.69, 9.17) is 4.74 Å². The van der Waals surface area contributed by atoms with Crippen LogP contribution in [0.3, 0.4) is 0 Å². The summed E-state index contributed by atoms with van der Waals surface area (Å²) in [5, 5.41) is 2.57. The van der Waals surface area contributed by atoms with Gasteiger partial charge in [0.15, 0.2) is 6.61 Å². The molecule has 0 bridgehead atoms. The number of aromatic nitrogens is 1. The predicted molar refractivity (Wildman–Crippen MR) is 97.3 cm³/mol. The van der Waals surface area contributed by atoms with Gasteiger partial charge in [0.25, 0.3) is 5.91 Å². The number of carbonyl (C=O) groups excluding carboxylic acids is 3. The first kappa shape index (κ1) is 17.6. The zero-order valence-corrected chi connectivity index (χ0v) is 14.6. The van der Waals surface area contributed by atoms with Crippen LogP contribution in [0.2, 0.25) is 0 Å². The van der Waals surface area contributed by atoms with Gasteiger partial charge in [0, 0.05) is 12.3 Å². The Hall–Kier alpha value is -3.26. The third kappa shape index (κ3) is 4.04. The Bertz CT molecular complexity index is 970. The van der Waals surface area contributed by atoms with E-state index in [1.165, 1.54) is 18.3 Å². The van der Waals surface area contributed by atoms with E-state index in [1.807, 2.05) is 29.6 Å². The smallest absolute Gasteiger partial charge is 0.339 e. The van der Waals surface area contributed by atoms with Gasteiger partial charge in [-0.1, -0.05) is 24.3 Å². The third-order valence-corrected chi connectivity index (χ3v) is 4.31. The largest absolute Gasteiger partial charge is 0.452 e. The summed E-state index contributed by atoms with van der Waals surface area (Å²) in [7, 11) is 0. The molecule has 2 N–H and O–H groups in total. The van der Waals surface area contributed by atoms with Crippen LogP contribution in [0.15, 0.2) is 47.8 Å². The van der Waals surface area contributed by atoms with Crippen LogP contribution in [-0.4, -0.2) is 29.4 Å². The van der Waals surface area contributed by atoms with E-state index < -0.39 is 24.4 Å². The van der Waals surface area contributed by atoms with Crippen LogP contribution in [-0.2, 0) is 14.3 Å². The van der Waals surface area contributed by atoms with Crippen LogP contribution in [0.4, 0.5) is 0 Å². The van der Waals surface area contributed by atoms with E-state index in [-0.39, 0.29) is 0 Å². The van der Waals surface area contributed by atoms with Crippen molar-refractivity contribution in [1.82, 2.24) is 15.8 Å². The van der Waals surface area contributed by atoms with Crippen molar-refractivity contribution < 1.29 is 19.1 Å². The number of esters is 1. The lowest BCUT2D eigenvalue weighted by Gasteiger charge is -2.10. The van der Waals surface area contributed by atoms with Crippen LogP contribution in [0.25, 0.3) is 21.5 Å². The number of benzene rings is 1. The second-order valence-electron chi connectivity index (χ2n) is 5.36. The van der Waals surface area contributed by atoms with Gasteiger partial charge in [-0.25, -0.2) is 9.78 Å². The van der Waals surface area contributed by atoms with E-state index in [1.54, 1.807) is 18.2 Å². The summed E-state index contributed by atoms with van der Waals surface area (Å²) in [5.74, 6) is -1.70. The molecule has 2 amide bonds. The first-order valence-electron chi connectivity index (χ1n) is 7.71. The van der Waals surface area contributed by atoms with Gasteiger partial charge in [-0.2, -0.15) is 0 Å². The Labute approximate surface area is 153 Å². The highest BCUT2D eigenvalue weighted by Crippen LogP contribution is 2.28. The Kier molecular flexibility index (Phi) is 5.23. The normalized spacial score (nSPS) is 10.3. The molecule has 0 saturated heterocycles. The SMILES string of the molecule is CC(=O)NNC(=O)COC(=O)c1cc(-c2cccs2)nc2ccccc12. The number of hydrogen-bond acceptors (Lipinski definition) is 6. The van der Waals surface area contributed by atoms with E-state index in [0.29, 0.717) is 22.2 Å². The maximum absolute atomic E-state index is 12.5. The zero-order chi connectivity index (χ0) is 18.5. The average molecular weight is 369 g/mol. The summed E-state index contributed by atoms with van der Waals surface area (Å²) in [6.45, 7) is 0.742. The molecular weight excluding hydrogens is 354 g/mol. The van der Waals surface area contributed by atoms with Crippen LogP contribution >= 0.6 is 11.3 Å². The number of nitrogens with one attached hydrogen (secondary N) is 2. The minimum absolute atomic E-state index is 0.325. The highest BCUT2D eigenvalue weighted by molar-refractivity contribution is 7.13. The molecule has 0 atom stereocenters. The lowest BCUT2D eigenvalue weighted by atomic mass is 10.1. The highest BCUT2D eigenvalue weighted by atomic mass is 32.1. The van der Waals surface area contributed by atoms with Gasteiger partial charge in [0.2, 0.25) is 5.91 Å². The van der Waals surface area contributed by atoms with Crippen LogP contribution in [0.1, 0.15) is 17.3 Å². The molecule has 0 fully saturated rings. The van der Waals surface area contributed by atoms with Crippen molar-refractivity contribution in [3.63, 3.8) is 0 Å². The lowest BCUT2D eigenvalue weighted by Crippen LogP contribution is -2.42. The molecule has 0 aliphatic heterocycles. The zero-order valence-electron chi connectivity index (χ0n) is 13.8. The Morgan fingerprint density at radius 1 is 1.12 bits per heavy atom. The van der Waals surface area contributed by atoms with Crippen molar-refractivity contribution in [3.05, 3.63) is 53.4 Å². The van der Waals surface area contributed by atoms with Crippen LogP contribution in [0, 0.1) is 0 Å². The average Bonchev–Trinajstić information content (AvgIpc) is 3.18. The van der Waals surface area contributed by atoms with Gasteiger partial charge in [-0.05, 0) is 23.6 Å². The fraction of sp³-hybridized carbons (Fsp3) is 0.111. The van der Waals surface area contributed by atoms with Crippen LogP contribution in [0.5, 0.6) is 0 Å². The fourth-order valence-electron chi connectivity index (χ4n) is 2.30. The van der Waals surface area contributed by atoms with Crippen molar-refractivity contribution in [2.45, 2.75) is 6.92 Å². The molecule has 3 aromatic rings. The van der Waals surface area contributed by atoms with E-state index >= 15 is 0 Å². The molecule has 3 rings (SSSR count). The van der Waals surface area contributed by atoms with E-state index in [9.17, 15) is 14.4 Å². The molecular formula is C18H15N3O4S. The van der Waals surface area contributed by atoms with E-state index in [0.717, 1.165) is 4.88 Å². The summed E-state index contributed by atoms with van der Waals surface area (Å²) in [4.78, 5) is 40.4. The Morgan fingerprint density at radius 3 is 2.65 bits per heavy atom. The van der Waals surface area contributed by atoms with Gasteiger partial charge in [0.1, 0.15) is 0 Å². The number of pyridine rings is 1. The molecule has 8 heteroatoms. The van der Waals surface area contributed by atoms with Gasteiger partial charge in [-0.15, -0.1) is 11.3 Å². The Morgan fingerprint density at radius 2 is 1.92 bits per heavy atom. The number of nitrogens with zero attached hydrogens (tertiary/aromatic N) is 1. The van der Waals surface area contributed by atoms with Crippen molar-refractivity contribution in [2.75, 3.05) is 6.61 Å². The minimum atomic E-state index is -0.639.